The molecule has 3 rings (SSSR count). The smallest absolute Gasteiger partial charge is 0.251 e. The minimum absolute atomic E-state index is 0. The van der Waals surface area contributed by atoms with Crippen LogP contribution in [0.3, 0.4) is 0 Å². The lowest BCUT2D eigenvalue weighted by atomic mass is 9.87. The van der Waals surface area contributed by atoms with Crippen molar-refractivity contribution in [3.8, 4) is 0 Å². The van der Waals surface area contributed by atoms with Crippen LogP contribution in [0.4, 0.5) is 4.39 Å². The highest BCUT2D eigenvalue weighted by atomic mass is 35.5. The van der Waals surface area contributed by atoms with Gasteiger partial charge in [0.1, 0.15) is 5.82 Å². The second-order valence-electron chi connectivity index (χ2n) is 5.66. The van der Waals surface area contributed by atoms with E-state index in [2.05, 4.69) is 5.32 Å². The van der Waals surface area contributed by atoms with Crippen LogP contribution < -0.4 is 11.1 Å². The van der Waals surface area contributed by atoms with E-state index in [1.807, 2.05) is 12.1 Å². The van der Waals surface area contributed by atoms with Crippen molar-refractivity contribution < 1.29 is 9.18 Å². The van der Waals surface area contributed by atoms with Crippen LogP contribution >= 0.6 is 12.4 Å². The number of nitrogens with one attached hydrogen (secondary N) is 1. The molecule has 0 saturated carbocycles. The van der Waals surface area contributed by atoms with E-state index in [1.165, 1.54) is 6.07 Å². The Morgan fingerprint density at radius 2 is 1.96 bits per heavy atom. The number of nitrogens with two attached hydrogens (primary N) is 1. The van der Waals surface area contributed by atoms with Crippen molar-refractivity contribution in [1.82, 2.24) is 5.32 Å². The number of benzene rings is 2. The highest BCUT2D eigenvalue weighted by Gasteiger charge is 2.22. The fourth-order valence-corrected chi connectivity index (χ4v) is 2.97. The van der Waals surface area contributed by atoms with Crippen molar-refractivity contribution in [1.29, 1.82) is 0 Å². The maximum absolute atomic E-state index is 13.3. The molecular weight excluding hydrogens is 315 g/mol. The minimum atomic E-state index is -0.219. The van der Waals surface area contributed by atoms with Crippen molar-refractivity contribution in [2.45, 2.75) is 31.8 Å². The second kappa shape index (κ2) is 7.57. The van der Waals surface area contributed by atoms with E-state index in [1.54, 1.807) is 24.3 Å². The fraction of sp³-hybridized carbons (Fsp3) is 0.278. The Hall–Kier alpha value is -1.91. The topological polar surface area (TPSA) is 55.1 Å². The van der Waals surface area contributed by atoms with Crippen LogP contribution in [0.25, 0.3) is 0 Å². The molecule has 1 unspecified atom stereocenters. The highest BCUT2D eigenvalue weighted by Crippen LogP contribution is 2.30. The number of rotatable bonds is 3. The van der Waals surface area contributed by atoms with Crippen molar-refractivity contribution in [3.05, 3.63) is 70.5 Å². The lowest BCUT2D eigenvalue weighted by molar-refractivity contribution is 0.0932. The van der Waals surface area contributed by atoms with Crippen molar-refractivity contribution >= 4 is 18.3 Å². The highest BCUT2D eigenvalue weighted by molar-refractivity contribution is 5.94. The summed E-state index contributed by atoms with van der Waals surface area (Å²) >= 11 is 0. The average molecular weight is 335 g/mol. The summed E-state index contributed by atoms with van der Waals surface area (Å²) in [6.07, 6.45) is 2.70. The number of fused-ring (bicyclic) bond motifs is 1. The number of hydrogen-bond acceptors (Lipinski definition) is 2. The Morgan fingerprint density at radius 1 is 1.22 bits per heavy atom. The predicted molar refractivity (Wildman–Crippen MR) is 91.1 cm³/mol. The third-order valence-corrected chi connectivity index (χ3v) is 4.18. The summed E-state index contributed by atoms with van der Waals surface area (Å²) in [5, 5.41) is 3.06. The Labute approximate surface area is 141 Å². The number of hydrogen-bond donors (Lipinski definition) is 2. The van der Waals surface area contributed by atoms with Crippen LogP contribution in [0.5, 0.6) is 0 Å². The molecule has 0 spiro atoms. The van der Waals surface area contributed by atoms with E-state index >= 15 is 0 Å². The number of halogens is 2. The number of carbonyl (C=O) groups is 1. The second-order valence-corrected chi connectivity index (χ2v) is 5.66. The minimum Gasteiger partial charge on any atom is -0.345 e. The molecule has 1 atom stereocenters. The van der Waals surface area contributed by atoms with Gasteiger partial charge in [-0.3, -0.25) is 4.79 Å². The molecule has 2 aromatic carbocycles. The Morgan fingerprint density at radius 3 is 2.65 bits per heavy atom. The molecule has 0 fully saturated rings. The molecule has 3 N–H and O–H groups in total. The molecule has 2 aromatic rings. The van der Waals surface area contributed by atoms with Crippen LogP contribution in [0, 0.1) is 5.82 Å². The van der Waals surface area contributed by atoms with Gasteiger partial charge in [-0.15, -0.1) is 12.4 Å². The van der Waals surface area contributed by atoms with Gasteiger partial charge in [0.05, 0.1) is 6.04 Å². The van der Waals surface area contributed by atoms with Gasteiger partial charge in [-0.2, -0.15) is 0 Å². The van der Waals surface area contributed by atoms with Gasteiger partial charge in [0.2, 0.25) is 0 Å². The zero-order valence-corrected chi connectivity index (χ0v) is 13.5. The van der Waals surface area contributed by atoms with Gasteiger partial charge < -0.3 is 11.1 Å². The van der Waals surface area contributed by atoms with E-state index in [0.717, 1.165) is 36.0 Å². The van der Waals surface area contributed by atoms with E-state index in [9.17, 15) is 9.18 Å². The summed E-state index contributed by atoms with van der Waals surface area (Å²) in [4.78, 5) is 12.4. The molecule has 0 aliphatic heterocycles. The molecule has 1 amide bonds. The van der Waals surface area contributed by atoms with Crippen LogP contribution in [0.1, 0.15) is 45.9 Å². The van der Waals surface area contributed by atoms with Crippen molar-refractivity contribution in [3.63, 3.8) is 0 Å². The molecule has 3 nitrogen and oxygen atoms in total. The lowest BCUT2D eigenvalue weighted by Gasteiger charge is -2.26. The Kier molecular flexibility index (Phi) is 5.74. The van der Waals surface area contributed by atoms with E-state index in [4.69, 9.17) is 5.73 Å². The molecule has 23 heavy (non-hydrogen) atoms. The van der Waals surface area contributed by atoms with Gasteiger partial charge in [0, 0.05) is 12.1 Å². The van der Waals surface area contributed by atoms with Crippen LogP contribution in [-0.2, 0) is 13.0 Å². The number of carbonyl (C=O) groups excluding carboxylic acids is 1. The van der Waals surface area contributed by atoms with Gasteiger partial charge in [0.25, 0.3) is 5.91 Å². The monoisotopic (exact) mass is 334 g/mol. The zero-order chi connectivity index (χ0) is 15.5. The summed E-state index contributed by atoms with van der Waals surface area (Å²) < 4.78 is 13.3. The van der Waals surface area contributed by atoms with Crippen LogP contribution in [0.15, 0.2) is 42.5 Å². The first kappa shape index (κ1) is 17.4. The van der Waals surface area contributed by atoms with Gasteiger partial charge in [0.15, 0.2) is 0 Å². The van der Waals surface area contributed by atoms with E-state index in [-0.39, 0.29) is 30.2 Å². The molecular formula is C18H20ClFN2O. The largest absolute Gasteiger partial charge is 0.345 e. The molecule has 5 heteroatoms. The van der Waals surface area contributed by atoms with Gasteiger partial charge >= 0.3 is 0 Å². The zero-order valence-electron chi connectivity index (χ0n) is 12.7. The molecule has 0 aromatic heterocycles. The molecule has 0 heterocycles. The number of amides is 1. The van der Waals surface area contributed by atoms with Crippen LogP contribution in [0.2, 0.25) is 0 Å². The first-order valence-corrected chi connectivity index (χ1v) is 7.55. The molecule has 122 valence electrons. The SMILES string of the molecule is Cl.NCc1ccc(C(=O)NC2CCCc3cc(F)ccc32)cc1. The van der Waals surface area contributed by atoms with Gasteiger partial charge in [-0.1, -0.05) is 18.2 Å². The summed E-state index contributed by atoms with van der Waals surface area (Å²) in [6, 6.07) is 12.1. The average Bonchev–Trinajstić information content (AvgIpc) is 2.55. The molecule has 1 aliphatic rings. The van der Waals surface area contributed by atoms with Crippen LogP contribution in [-0.4, -0.2) is 5.91 Å². The summed E-state index contributed by atoms with van der Waals surface area (Å²) in [7, 11) is 0. The summed E-state index contributed by atoms with van der Waals surface area (Å²) in [5.74, 6) is -0.325. The summed E-state index contributed by atoms with van der Waals surface area (Å²) in [5.41, 5.74) is 9.19. The predicted octanol–water partition coefficient (Wildman–Crippen LogP) is 3.51. The molecule has 0 bridgehead atoms. The summed E-state index contributed by atoms with van der Waals surface area (Å²) in [6.45, 7) is 0.462. The van der Waals surface area contributed by atoms with Crippen molar-refractivity contribution in [2.24, 2.45) is 5.73 Å². The van der Waals surface area contributed by atoms with Crippen molar-refractivity contribution in [2.75, 3.05) is 0 Å². The molecule has 1 aliphatic carbocycles. The van der Waals surface area contributed by atoms with Gasteiger partial charge in [-0.05, 0) is 60.2 Å². The number of aryl methyl sites for hydroxylation is 1. The molecule has 0 radical (unpaired) electrons. The maximum Gasteiger partial charge on any atom is 0.251 e. The first-order chi connectivity index (χ1) is 10.7. The lowest BCUT2D eigenvalue weighted by Crippen LogP contribution is -2.31. The van der Waals surface area contributed by atoms with E-state index < -0.39 is 0 Å². The van der Waals surface area contributed by atoms with Gasteiger partial charge in [-0.25, -0.2) is 4.39 Å². The Balaban J connectivity index is 0.00000192. The third kappa shape index (κ3) is 3.89. The molecule has 0 saturated heterocycles. The fourth-order valence-electron chi connectivity index (χ4n) is 2.97. The Bertz CT molecular complexity index is 688. The standard InChI is InChI=1S/C18H19FN2O.ClH/c19-15-8-9-16-14(10-15)2-1-3-17(16)21-18(22)13-6-4-12(11-20)5-7-13;/h4-10,17H,1-3,11,20H2,(H,21,22);1H. The normalized spacial score (nSPS) is 16.2. The van der Waals surface area contributed by atoms with E-state index in [0.29, 0.717) is 12.1 Å². The third-order valence-electron chi connectivity index (χ3n) is 4.18. The quantitative estimate of drug-likeness (QED) is 0.902. The first-order valence-electron chi connectivity index (χ1n) is 7.55. The maximum atomic E-state index is 13.3.